The zero-order valence-corrected chi connectivity index (χ0v) is 20.9. The van der Waals surface area contributed by atoms with Gasteiger partial charge in [-0.3, -0.25) is 4.79 Å². The maximum absolute atomic E-state index is 13.5. The van der Waals surface area contributed by atoms with Crippen molar-refractivity contribution < 1.29 is 23.4 Å². The Labute approximate surface area is 217 Å². The van der Waals surface area contributed by atoms with Crippen molar-refractivity contribution in [2.45, 2.75) is 13.8 Å². The molecule has 2 aromatic heterocycles. The fourth-order valence-electron chi connectivity index (χ4n) is 3.94. The molecule has 192 valence electrons. The molecule has 3 aromatic carbocycles. The molecule has 0 amide bonds. The summed E-state index contributed by atoms with van der Waals surface area (Å²) in [5.74, 6) is 1.05. The summed E-state index contributed by atoms with van der Waals surface area (Å²) in [5, 5.41) is 5.81. The lowest BCUT2D eigenvalue weighted by molar-refractivity contribution is -0.145. The Bertz CT molecular complexity index is 1670. The van der Waals surface area contributed by atoms with Gasteiger partial charge in [-0.2, -0.15) is 9.78 Å². The van der Waals surface area contributed by atoms with Crippen LogP contribution in [0.3, 0.4) is 0 Å². The van der Waals surface area contributed by atoms with Crippen LogP contribution in [-0.4, -0.2) is 41.7 Å². The number of hydrogen-bond acceptors (Lipinski definition) is 8. The molecule has 9 nitrogen and oxygen atoms in total. The lowest BCUT2D eigenvalue weighted by atomic mass is 10.2. The number of esters is 1. The van der Waals surface area contributed by atoms with Crippen molar-refractivity contribution in [3.05, 3.63) is 88.7 Å². The standard InChI is InChI=1S/C29H25N3O6/c1-3-35-25-15-19(13-14-24(25)37-18-27(33)36-4-2)17-30-32-28(26-16-20-9-5-8-12-23(20)38-26)31-22-11-7-6-10-21(22)29(32)34/h5-17H,3-4,18H2,1-2H3. The molecular formula is C29H25N3O6. The summed E-state index contributed by atoms with van der Waals surface area (Å²) in [6.45, 7) is 4.00. The molecule has 0 spiro atoms. The number of furan rings is 1. The van der Waals surface area contributed by atoms with E-state index in [1.165, 1.54) is 10.9 Å². The molecule has 0 aliphatic heterocycles. The monoisotopic (exact) mass is 511 g/mol. The van der Waals surface area contributed by atoms with E-state index in [2.05, 4.69) is 5.10 Å². The molecule has 38 heavy (non-hydrogen) atoms. The molecule has 0 atom stereocenters. The first-order valence-corrected chi connectivity index (χ1v) is 12.2. The number of benzene rings is 3. The summed E-state index contributed by atoms with van der Waals surface area (Å²) < 4.78 is 23.4. The van der Waals surface area contributed by atoms with Gasteiger partial charge < -0.3 is 18.6 Å². The fraction of sp³-hybridized carbons (Fsp3) is 0.172. The van der Waals surface area contributed by atoms with Gasteiger partial charge in [0.05, 0.1) is 30.3 Å². The second-order valence-corrected chi connectivity index (χ2v) is 8.20. The van der Waals surface area contributed by atoms with Crippen molar-refractivity contribution in [3.8, 4) is 23.1 Å². The first-order chi connectivity index (χ1) is 18.6. The van der Waals surface area contributed by atoms with Crippen LogP contribution in [0.4, 0.5) is 0 Å². The summed E-state index contributed by atoms with van der Waals surface area (Å²) in [4.78, 5) is 29.8. The van der Waals surface area contributed by atoms with Crippen LogP contribution < -0.4 is 15.0 Å². The Hall–Kier alpha value is -4.92. The van der Waals surface area contributed by atoms with E-state index in [1.807, 2.05) is 43.3 Å². The molecule has 0 aliphatic carbocycles. The summed E-state index contributed by atoms with van der Waals surface area (Å²) >= 11 is 0. The number of para-hydroxylation sites is 2. The number of carbonyl (C=O) groups is 1. The molecule has 0 saturated carbocycles. The van der Waals surface area contributed by atoms with Gasteiger partial charge in [0.2, 0.25) is 5.82 Å². The van der Waals surface area contributed by atoms with E-state index in [4.69, 9.17) is 23.6 Å². The third-order valence-electron chi connectivity index (χ3n) is 5.64. The average Bonchev–Trinajstić information content (AvgIpc) is 3.36. The Morgan fingerprint density at radius 3 is 2.61 bits per heavy atom. The number of aromatic nitrogens is 2. The van der Waals surface area contributed by atoms with E-state index >= 15 is 0 Å². The van der Waals surface area contributed by atoms with Gasteiger partial charge in [0, 0.05) is 5.39 Å². The highest BCUT2D eigenvalue weighted by Gasteiger charge is 2.16. The zero-order chi connectivity index (χ0) is 26.5. The number of ether oxygens (including phenoxy) is 3. The predicted octanol–water partition coefficient (Wildman–Crippen LogP) is 5.03. The molecule has 0 aliphatic rings. The van der Waals surface area contributed by atoms with Gasteiger partial charge in [-0.1, -0.05) is 30.3 Å². The molecule has 5 aromatic rings. The van der Waals surface area contributed by atoms with E-state index < -0.39 is 5.97 Å². The summed E-state index contributed by atoms with van der Waals surface area (Å²) in [5.41, 5.74) is 1.54. The molecule has 2 heterocycles. The van der Waals surface area contributed by atoms with Crippen molar-refractivity contribution in [2.75, 3.05) is 19.8 Å². The average molecular weight is 512 g/mol. The number of carbonyl (C=O) groups excluding carboxylic acids is 1. The summed E-state index contributed by atoms with van der Waals surface area (Å²) in [6.07, 6.45) is 1.53. The summed E-state index contributed by atoms with van der Waals surface area (Å²) in [6, 6.07) is 21.6. The number of hydrogen-bond donors (Lipinski definition) is 0. The first kappa shape index (κ1) is 24.8. The highest BCUT2D eigenvalue weighted by atomic mass is 16.6. The van der Waals surface area contributed by atoms with E-state index in [1.54, 1.807) is 43.3 Å². The van der Waals surface area contributed by atoms with Crippen molar-refractivity contribution >= 4 is 34.1 Å². The number of rotatable bonds is 9. The van der Waals surface area contributed by atoms with E-state index in [-0.39, 0.29) is 24.6 Å². The zero-order valence-electron chi connectivity index (χ0n) is 20.9. The first-order valence-electron chi connectivity index (χ1n) is 12.2. The predicted molar refractivity (Wildman–Crippen MR) is 144 cm³/mol. The van der Waals surface area contributed by atoms with Gasteiger partial charge in [0.1, 0.15) is 5.58 Å². The Balaban J connectivity index is 1.54. The largest absolute Gasteiger partial charge is 0.490 e. The Kier molecular flexibility index (Phi) is 7.17. The van der Waals surface area contributed by atoms with Gasteiger partial charge in [-0.15, -0.1) is 0 Å². The molecule has 0 saturated heterocycles. The summed E-state index contributed by atoms with van der Waals surface area (Å²) in [7, 11) is 0. The smallest absolute Gasteiger partial charge is 0.344 e. The van der Waals surface area contributed by atoms with Gasteiger partial charge in [-0.05, 0) is 61.9 Å². The molecule has 0 fully saturated rings. The van der Waals surface area contributed by atoms with Crippen LogP contribution in [0.5, 0.6) is 11.5 Å². The molecule has 0 bridgehead atoms. The van der Waals surface area contributed by atoms with E-state index in [0.717, 1.165) is 5.39 Å². The van der Waals surface area contributed by atoms with Crippen LogP contribution >= 0.6 is 0 Å². The Morgan fingerprint density at radius 2 is 1.79 bits per heavy atom. The van der Waals surface area contributed by atoms with E-state index in [0.29, 0.717) is 45.9 Å². The minimum absolute atomic E-state index is 0.236. The minimum Gasteiger partial charge on any atom is -0.490 e. The quantitative estimate of drug-likeness (QED) is 0.202. The number of nitrogens with zero attached hydrogens (tertiary/aromatic N) is 3. The normalized spacial score (nSPS) is 11.3. The third kappa shape index (κ3) is 5.12. The van der Waals surface area contributed by atoms with Crippen molar-refractivity contribution in [1.29, 1.82) is 0 Å². The van der Waals surface area contributed by atoms with E-state index in [9.17, 15) is 9.59 Å². The van der Waals surface area contributed by atoms with Crippen molar-refractivity contribution in [3.63, 3.8) is 0 Å². The van der Waals surface area contributed by atoms with Crippen LogP contribution in [0.1, 0.15) is 19.4 Å². The van der Waals surface area contributed by atoms with Crippen LogP contribution in [-0.2, 0) is 9.53 Å². The molecule has 0 unspecified atom stereocenters. The van der Waals surface area contributed by atoms with Crippen LogP contribution in [0.25, 0.3) is 33.5 Å². The second kappa shape index (κ2) is 11.0. The van der Waals surface area contributed by atoms with Gasteiger partial charge in [-0.25, -0.2) is 9.78 Å². The molecule has 9 heteroatoms. The number of fused-ring (bicyclic) bond motifs is 2. The lowest BCUT2D eigenvalue weighted by Crippen LogP contribution is -2.20. The molecule has 0 radical (unpaired) electrons. The SMILES string of the molecule is CCOC(=O)COc1ccc(C=Nn2c(-c3cc4ccccc4o3)nc3ccccc3c2=O)cc1OCC. The molecular weight excluding hydrogens is 486 g/mol. The maximum Gasteiger partial charge on any atom is 0.344 e. The van der Waals surface area contributed by atoms with Crippen molar-refractivity contribution in [1.82, 2.24) is 9.66 Å². The molecule has 0 N–H and O–H groups in total. The highest BCUT2D eigenvalue weighted by Crippen LogP contribution is 2.29. The highest BCUT2D eigenvalue weighted by molar-refractivity contribution is 5.85. The fourth-order valence-corrected chi connectivity index (χ4v) is 3.94. The molecule has 5 rings (SSSR count). The topological polar surface area (TPSA) is 105 Å². The van der Waals surface area contributed by atoms with Gasteiger partial charge in [0.15, 0.2) is 23.9 Å². The van der Waals surface area contributed by atoms with Crippen LogP contribution in [0, 0.1) is 0 Å². The van der Waals surface area contributed by atoms with Gasteiger partial charge >= 0.3 is 5.97 Å². The Morgan fingerprint density at radius 1 is 0.974 bits per heavy atom. The van der Waals surface area contributed by atoms with Gasteiger partial charge in [0.25, 0.3) is 5.56 Å². The minimum atomic E-state index is -0.470. The van der Waals surface area contributed by atoms with Crippen LogP contribution in [0.15, 0.2) is 87.1 Å². The maximum atomic E-state index is 13.5. The lowest BCUT2D eigenvalue weighted by Gasteiger charge is -2.12. The van der Waals surface area contributed by atoms with Crippen molar-refractivity contribution in [2.24, 2.45) is 5.10 Å². The second-order valence-electron chi connectivity index (χ2n) is 8.20. The van der Waals surface area contributed by atoms with Crippen LogP contribution in [0.2, 0.25) is 0 Å². The third-order valence-corrected chi connectivity index (χ3v) is 5.64.